The molecule has 0 unspecified atom stereocenters. The Labute approximate surface area is 156 Å². The van der Waals surface area contributed by atoms with Gasteiger partial charge in [0.15, 0.2) is 0 Å². The summed E-state index contributed by atoms with van der Waals surface area (Å²) >= 11 is 6.09. The molecule has 2 N–H and O–H groups in total. The number of pyridine rings is 1. The van der Waals surface area contributed by atoms with Crippen molar-refractivity contribution in [2.24, 2.45) is 0 Å². The van der Waals surface area contributed by atoms with Crippen LogP contribution in [-0.4, -0.2) is 10.9 Å². The molecular formula is C20H15ClN4O. The van der Waals surface area contributed by atoms with Crippen LogP contribution in [-0.2, 0) is 0 Å². The Bertz CT molecular complexity index is 1010. The Morgan fingerprint density at radius 1 is 1.08 bits per heavy atom. The van der Waals surface area contributed by atoms with Gasteiger partial charge in [0, 0.05) is 22.6 Å². The van der Waals surface area contributed by atoms with Crippen LogP contribution >= 0.6 is 11.6 Å². The molecule has 0 spiro atoms. The lowest BCUT2D eigenvalue weighted by Crippen LogP contribution is -2.12. The molecule has 0 aliphatic heterocycles. The van der Waals surface area contributed by atoms with Crippen LogP contribution in [0.5, 0.6) is 0 Å². The molecule has 3 aromatic rings. The van der Waals surface area contributed by atoms with Crippen molar-refractivity contribution < 1.29 is 4.79 Å². The van der Waals surface area contributed by atoms with Gasteiger partial charge in [0.25, 0.3) is 5.91 Å². The average molecular weight is 363 g/mol. The molecule has 1 aromatic heterocycles. The first-order valence-electron chi connectivity index (χ1n) is 7.85. The van der Waals surface area contributed by atoms with E-state index in [0.29, 0.717) is 27.5 Å². The van der Waals surface area contributed by atoms with Crippen molar-refractivity contribution in [3.63, 3.8) is 0 Å². The summed E-state index contributed by atoms with van der Waals surface area (Å²) < 4.78 is 0. The molecule has 2 aromatic carbocycles. The highest BCUT2D eigenvalue weighted by atomic mass is 35.5. The van der Waals surface area contributed by atoms with Crippen LogP contribution in [0.1, 0.15) is 21.5 Å². The van der Waals surface area contributed by atoms with E-state index in [1.807, 2.05) is 19.1 Å². The Kier molecular flexibility index (Phi) is 5.16. The van der Waals surface area contributed by atoms with Gasteiger partial charge in [0.1, 0.15) is 0 Å². The number of nitrogens with zero attached hydrogens (tertiary/aromatic N) is 2. The predicted molar refractivity (Wildman–Crippen MR) is 103 cm³/mol. The smallest absolute Gasteiger partial charge is 0.257 e. The van der Waals surface area contributed by atoms with Crippen LogP contribution in [0, 0.1) is 18.3 Å². The summed E-state index contributed by atoms with van der Waals surface area (Å²) in [5.74, 6) is -0.285. The second-order valence-corrected chi connectivity index (χ2v) is 6.11. The molecule has 1 amide bonds. The number of hydrogen-bond acceptors (Lipinski definition) is 4. The number of benzene rings is 2. The summed E-state index contributed by atoms with van der Waals surface area (Å²) in [5.41, 5.74) is 3.91. The van der Waals surface area contributed by atoms with E-state index < -0.39 is 0 Å². The molecule has 3 rings (SSSR count). The van der Waals surface area contributed by atoms with Gasteiger partial charge in [0.05, 0.1) is 29.1 Å². The first-order valence-corrected chi connectivity index (χ1v) is 8.23. The Balaban J connectivity index is 1.76. The lowest BCUT2D eigenvalue weighted by atomic mass is 10.2. The first kappa shape index (κ1) is 17.5. The number of rotatable bonds is 4. The molecule has 0 fully saturated rings. The molecule has 0 aliphatic carbocycles. The van der Waals surface area contributed by atoms with Gasteiger partial charge in [-0.15, -0.1) is 0 Å². The van der Waals surface area contributed by atoms with Crippen molar-refractivity contribution >= 4 is 34.6 Å². The maximum absolute atomic E-state index is 12.5. The zero-order valence-corrected chi connectivity index (χ0v) is 14.7. The van der Waals surface area contributed by atoms with Gasteiger partial charge >= 0.3 is 0 Å². The fourth-order valence-electron chi connectivity index (χ4n) is 2.34. The fourth-order valence-corrected chi connectivity index (χ4v) is 2.52. The summed E-state index contributed by atoms with van der Waals surface area (Å²) in [6, 6.07) is 16.2. The molecule has 0 saturated heterocycles. The number of nitrogens with one attached hydrogen (secondary N) is 2. The topological polar surface area (TPSA) is 77.8 Å². The molecule has 5 nitrogen and oxygen atoms in total. The van der Waals surface area contributed by atoms with Crippen molar-refractivity contribution in [3.8, 4) is 6.07 Å². The molecule has 0 bridgehead atoms. The maximum atomic E-state index is 12.5. The van der Waals surface area contributed by atoms with E-state index in [2.05, 4.69) is 21.7 Å². The lowest BCUT2D eigenvalue weighted by Gasteiger charge is -2.09. The van der Waals surface area contributed by atoms with Crippen molar-refractivity contribution in [2.75, 3.05) is 10.6 Å². The molecule has 0 radical (unpaired) electrons. The Morgan fingerprint density at radius 2 is 1.92 bits per heavy atom. The van der Waals surface area contributed by atoms with Gasteiger partial charge in [0.2, 0.25) is 0 Å². The van der Waals surface area contributed by atoms with Gasteiger partial charge in [-0.1, -0.05) is 23.7 Å². The average Bonchev–Trinajstić information content (AvgIpc) is 2.65. The minimum absolute atomic E-state index is 0.285. The Hall–Kier alpha value is -3.36. The highest BCUT2D eigenvalue weighted by Gasteiger charge is 2.09. The molecule has 26 heavy (non-hydrogen) atoms. The Morgan fingerprint density at radius 3 is 2.69 bits per heavy atom. The van der Waals surface area contributed by atoms with E-state index in [-0.39, 0.29) is 5.91 Å². The molecule has 0 atom stereocenters. The number of carbonyl (C=O) groups excluding carboxylic acids is 1. The molecule has 6 heteroatoms. The summed E-state index contributed by atoms with van der Waals surface area (Å²) in [4.78, 5) is 16.6. The van der Waals surface area contributed by atoms with Gasteiger partial charge in [-0.3, -0.25) is 9.78 Å². The van der Waals surface area contributed by atoms with Crippen LogP contribution in [0.4, 0.5) is 17.1 Å². The quantitative estimate of drug-likeness (QED) is 0.691. The monoisotopic (exact) mass is 362 g/mol. The maximum Gasteiger partial charge on any atom is 0.257 e. The number of aromatic nitrogens is 1. The van der Waals surface area contributed by atoms with E-state index in [4.69, 9.17) is 16.9 Å². The van der Waals surface area contributed by atoms with Crippen molar-refractivity contribution in [3.05, 3.63) is 82.6 Å². The number of amides is 1. The molecular weight excluding hydrogens is 348 g/mol. The number of anilines is 3. The zero-order valence-electron chi connectivity index (χ0n) is 14.0. The highest BCUT2D eigenvalue weighted by molar-refractivity contribution is 6.31. The second-order valence-electron chi connectivity index (χ2n) is 5.70. The van der Waals surface area contributed by atoms with Crippen LogP contribution in [0.15, 0.2) is 60.9 Å². The minimum Gasteiger partial charge on any atom is -0.354 e. The first-order chi connectivity index (χ1) is 12.5. The van der Waals surface area contributed by atoms with Crippen molar-refractivity contribution in [1.82, 2.24) is 4.98 Å². The normalized spacial score (nSPS) is 10.0. The number of nitriles is 1. The number of hydrogen-bond donors (Lipinski definition) is 2. The minimum atomic E-state index is -0.285. The van der Waals surface area contributed by atoms with Crippen LogP contribution in [0.3, 0.4) is 0 Å². The number of halogens is 1. The number of carbonyl (C=O) groups is 1. The number of aryl methyl sites for hydroxylation is 1. The summed E-state index contributed by atoms with van der Waals surface area (Å²) in [5, 5.41) is 15.5. The molecule has 0 saturated carbocycles. The third kappa shape index (κ3) is 4.18. The lowest BCUT2D eigenvalue weighted by molar-refractivity contribution is 0.102. The molecule has 0 aliphatic rings. The van der Waals surface area contributed by atoms with Gasteiger partial charge < -0.3 is 10.6 Å². The van der Waals surface area contributed by atoms with E-state index in [9.17, 15) is 4.79 Å². The van der Waals surface area contributed by atoms with Crippen molar-refractivity contribution in [1.29, 1.82) is 5.26 Å². The van der Waals surface area contributed by atoms with Crippen molar-refractivity contribution in [2.45, 2.75) is 6.92 Å². The molecule has 1 heterocycles. The zero-order chi connectivity index (χ0) is 18.5. The fraction of sp³-hybridized carbons (Fsp3) is 0.0500. The molecule has 128 valence electrons. The van der Waals surface area contributed by atoms with E-state index in [1.165, 1.54) is 6.20 Å². The third-order valence-electron chi connectivity index (χ3n) is 3.71. The van der Waals surface area contributed by atoms with Crippen LogP contribution in [0.2, 0.25) is 5.02 Å². The standard InChI is InChI=1S/C20H15ClN4O/c1-13-5-6-17(9-19(13)21)25-20(26)15-8-18(12-23-11-15)24-16-4-2-3-14(7-16)10-22/h2-9,11-12,24H,1H3,(H,25,26). The van der Waals surface area contributed by atoms with Crippen LogP contribution < -0.4 is 10.6 Å². The highest BCUT2D eigenvalue weighted by Crippen LogP contribution is 2.21. The second kappa shape index (κ2) is 7.68. The van der Waals surface area contributed by atoms with Gasteiger partial charge in [-0.25, -0.2) is 0 Å². The van der Waals surface area contributed by atoms with E-state index in [0.717, 1.165) is 11.3 Å². The third-order valence-corrected chi connectivity index (χ3v) is 4.12. The SMILES string of the molecule is Cc1ccc(NC(=O)c2cncc(Nc3cccc(C#N)c3)c2)cc1Cl. The summed E-state index contributed by atoms with van der Waals surface area (Å²) in [6.45, 7) is 1.90. The predicted octanol–water partition coefficient (Wildman–Crippen LogP) is 4.91. The van der Waals surface area contributed by atoms with Crippen LogP contribution in [0.25, 0.3) is 0 Å². The van der Waals surface area contributed by atoms with Gasteiger partial charge in [-0.2, -0.15) is 5.26 Å². The van der Waals surface area contributed by atoms with Gasteiger partial charge in [-0.05, 0) is 48.9 Å². The van der Waals surface area contributed by atoms with E-state index >= 15 is 0 Å². The van der Waals surface area contributed by atoms with E-state index in [1.54, 1.807) is 42.6 Å². The largest absolute Gasteiger partial charge is 0.354 e. The summed E-state index contributed by atoms with van der Waals surface area (Å²) in [7, 11) is 0. The summed E-state index contributed by atoms with van der Waals surface area (Å²) in [6.07, 6.45) is 3.10.